The lowest BCUT2D eigenvalue weighted by atomic mass is 10.2. The lowest BCUT2D eigenvalue weighted by Gasteiger charge is -2.15. The maximum absolute atomic E-state index is 5.78. The molecule has 1 heterocycles. The Morgan fingerprint density at radius 2 is 2.24 bits per heavy atom. The van der Waals surface area contributed by atoms with Crippen molar-refractivity contribution in [3.05, 3.63) is 10.6 Å². The van der Waals surface area contributed by atoms with E-state index >= 15 is 0 Å². The SMILES string of the molecule is CCCc1nc(N(C)CC2CC2C)sc1CN. The largest absolute Gasteiger partial charge is 0.351 e. The number of anilines is 1. The first kappa shape index (κ1) is 12.8. The van der Waals surface area contributed by atoms with Gasteiger partial charge in [-0.15, -0.1) is 11.3 Å². The fourth-order valence-electron chi connectivity index (χ4n) is 2.21. The molecule has 2 N–H and O–H groups in total. The molecule has 1 aromatic heterocycles. The Labute approximate surface area is 108 Å². The highest BCUT2D eigenvalue weighted by Crippen LogP contribution is 2.39. The number of aromatic nitrogens is 1. The molecule has 0 aromatic carbocycles. The van der Waals surface area contributed by atoms with Gasteiger partial charge >= 0.3 is 0 Å². The van der Waals surface area contributed by atoms with Crippen LogP contribution < -0.4 is 10.6 Å². The highest BCUT2D eigenvalue weighted by molar-refractivity contribution is 7.15. The average molecular weight is 253 g/mol. The molecule has 2 unspecified atom stereocenters. The highest BCUT2D eigenvalue weighted by atomic mass is 32.1. The van der Waals surface area contributed by atoms with E-state index < -0.39 is 0 Å². The summed E-state index contributed by atoms with van der Waals surface area (Å²) in [6, 6.07) is 0. The van der Waals surface area contributed by atoms with E-state index in [1.807, 2.05) is 0 Å². The Morgan fingerprint density at radius 3 is 2.76 bits per heavy atom. The van der Waals surface area contributed by atoms with Crippen LogP contribution in [-0.4, -0.2) is 18.6 Å². The summed E-state index contributed by atoms with van der Waals surface area (Å²) in [5, 5.41) is 1.15. The predicted octanol–water partition coefficient (Wildman–Crippen LogP) is 2.65. The summed E-state index contributed by atoms with van der Waals surface area (Å²) in [6.45, 7) is 6.29. The molecule has 1 saturated carbocycles. The first-order chi connectivity index (χ1) is 8.15. The summed E-state index contributed by atoms with van der Waals surface area (Å²) in [5.41, 5.74) is 7.00. The van der Waals surface area contributed by atoms with Gasteiger partial charge < -0.3 is 10.6 Å². The molecule has 1 aliphatic rings. The third-order valence-electron chi connectivity index (χ3n) is 3.55. The van der Waals surface area contributed by atoms with E-state index in [4.69, 9.17) is 10.7 Å². The van der Waals surface area contributed by atoms with Crippen molar-refractivity contribution < 1.29 is 0 Å². The van der Waals surface area contributed by atoms with E-state index in [0.29, 0.717) is 6.54 Å². The van der Waals surface area contributed by atoms with E-state index in [1.54, 1.807) is 11.3 Å². The molecule has 3 nitrogen and oxygen atoms in total. The maximum Gasteiger partial charge on any atom is 0.185 e. The van der Waals surface area contributed by atoms with Gasteiger partial charge in [0.25, 0.3) is 0 Å². The molecule has 0 aliphatic heterocycles. The minimum atomic E-state index is 0.626. The zero-order valence-corrected chi connectivity index (χ0v) is 11.9. The second-order valence-electron chi connectivity index (χ2n) is 5.17. The van der Waals surface area contributed by atoms with Gasteiger partial charge in [0.2, 0.25) is 0 Å². The van der Waals surface area contributed by atoms with Crippen LogP contribution in [0.5, 0.6) is 0 Å². The summed E-state index contributed by atoms with van der Waals surface area (Å²) >= 11 is 1.77. The van der Waals surface area contributed by atoms with Gasteiger partial charge in [-0.1, -0.05) is 20.3 Å². The van der Waals surface area contributed by atoms with Crippen LogP contribution >= 0.6 is 11.3 Å². The Bertz CT molecular complexity index is 375. The topological polar surface area (TPSA) is 42.2 Å². The van der Waals surface area contributed by atoms with Crippen molar-refractivity contribution in [1.82, 2.24) is 4.98 Å². The van der Waals surface area contributed by atoms with Crippen molar-refractivity contribution in [2.24, 2.45) is 17.6 Å². The second-order valence-corrected chi connectivity index (χ2v) is 6.24. The van der Waals surface area contributed by atoms with Crippen molar-refractivity contribution in [3.63, 3.8) is 0 Å². The number of hydrogen-bond acceptors (Lipinski definition) is 4. The molecule has 0 bridgehead atoms. The van der Waals surface area contributed by atoms with Gasteiger partial charge in [-0.05, 0) is 24.7 Å². The molecule has 0 saturated heterocycles. The van der Waals surface area contributed by atoms with Gasteiger partial charge in [0, 0.05) is 25.0 Å². The van der Waals surface area contributed by atoms with Crippen LogP contribution in [-0.2, 0) is 13.0 Å². The van der Waals surface area contributed by atoms with Crippen LogP contribution in [0.2, 0.25) is 0 Å². The molecule has 0 amide bonds. The summed E-state index contributed by atoms with van der Waals surface area (Å²) in [5.74, 6) is 1.78. The Balaban J connectivity index is 2.03. The minimum absolute atomic E-state index is 0.626. The van der Waals surface area contributed by atoms with Crippen LogP contribution in [0.15, 0.2) is 0 Å². The zero-order valence-electron chi connectivity index (χ0n) is 11.1. The lowest BCUT2D eigenvalue weighted by molar-refractivity contribution is 0.722. The van der Waals surface area contributed by atoms with Crippen molar-refractivity contribution in [2.45, 2.75) is 39.7 Å². The Hall–Kier alpha value is -0.610. The third kappa shape index (κ3) is 2.99. The molecule has 0 radical (unpaired) electrons. The van der Waals surface area contributed by atoms with Crippen LogP contribution in [0.25, 0.3) is 0 Å². The zero-order chi connectivity index (χ0) is 12.4. The van der Waals surface area contributed by atoms with E-state index in [-0.39, 0.29) is 0 Å². The van der Waals surface area contributed by atoms with Crippen LogP contribution in [0.1, 0.15) is 37.3 Å². The molecule has 17 heavy (non-hydrogen) atoms. The van der Waals surface area contributed by atoms with Gasteiger partial charge in [-0.2, -0.15) is 0 Å². The molecule has 1 fully saturated rings. The Kier molecular flexibility index (Phi) is 4.05. The predicted molar refractivity (Wildman–Crippen MR) is 74.5 cm³/mol. The number of nitrogens with two attached hydrogens (primary N) is 1. The molecular formula is C13H23N3S. The van der Waals surface area contributed by atoms with Gasteiger partial charge in [-0.3, -0.25) is 0 Å². The number of thiazole rings is 1. The summed E-state index contributed by atoms with van der Waals surface area (Å²) in [4.78, 5) is 8.31. The number of rotatable bonds is 6. The number of hydrogen-bond donors (Lipinski definition) is 1. The van der Waals surface area contributed by atoms with Gasteiger partial charge in [0.05, 0.1) is 5.69 Å². The maximum atomic E-state index is 5.78. The Morgan fingerprint density at radius 1 is 1.53 bits per heavy atom. The monoisotopic (exact) mass is 253 g/mol. The van der Waals surface area contributed by atoms with Crippen molar-refractivity contribution in [3.8, 4) is 0 Å². The summed E-state index contributed by atoms with van der Waals surface area (Å²) in [7, 11) is 2.15. The normalized spacial score (nSPS) is 22.8. The molecule has 1 aliphatic carbocycles. The van der Waals surface area contributed by atoms with Gasteiger partial charge in [0.15, 0.2) is 5.13 Å². The van der Waals surface area contributed by atoms with Crippen molar-refractivity contribution in [1.29, 1.82) is 0 Å². The highest BCUT2D eigenvalue weighted by Gasteiger charge is 2.33. The fourth-order valence-corrected chi connectivity index (χ4v) is 3.16. The third-order valence-corrected chi connectivity index (χ3v) is 4.78. The van der Waals surface area contributed by atoms with E-state index in [0.717, 1.165) is 36.4 Å². The molecule has 4 heteroatoms. The van der Waals surface area contributed by atoms with Crippen molar-refractivity contribution >= 4 is 16.5 Å². The van der Waals surface area contributed by atoms with E-state index in [9.17, 15) is 0 Å². The first-order valence-corrected chi connectivity index (χ1v) is 7.37. The quantitative estimate of drug-likeness (QED) is 0.847. The smallest absolute Gasteiger partial charge is 0.185 e. The first-order valence-electron chi connectivity index (χ1n) is 6.55. The molecule has 2 rings (SSSR count). The van der Waals surface area contributed by atoms with Crippen molar-refractivity contribution in [2.75, 3.05) is 18.5 Å². The number of aryl methyl sites for hydroxylation is 1. The van der Waals surface area contributed by atoms with Gasteiger partial charge in [-0.25, -0.2) is 4.98 Å². The summed E-state index contributed by atoms with van der Waals surface area (Å²) < 4.78 is 0. The molecule has 0 spiro atoms. The van der Waals surface area contributed by atoms with Gasteiger partial charge in [0.1, 0.15) is 0 Å². The van der Waals surface area contributed by atoms with Crippen LogP contribution in [0.4, 0.5) is 5.13 Å². The van der Waals surface area contributed by atoms with Crippen LogP contribution in [0.3, 0.4) is 0 Å². The molecular weight excluding hydrogens is 230 g/mol. The van der Waals surface area contributed by atoms with E-state index in [1.165, 1.54) is 17.0 Å². The molecule has 1 aromatic rings. The summed E-state index contributed by atoms with van der Waals surface area (Å²) in [6.07, 6.45) is 3.57. The average Bonchev–Trinajstić information content (AvgIpc) is 2.84. The number of nitrogens with zero attached hydrogens (tertiary/aromatic N) is 2. The molecule has 96 valence electrons. The standard InChI is InChI=1S/C13H23N3S/c1-4-5-11-12(7-14)17-13(15-11)16(3)8-10-6-9(10)2/h9-10H,4-8,14H2,1-3H3. The second kappa shape index (κ2) is 5.36. The molecule has 2 atom stereocenters. The minimum Gasteiger partial charge on any atom is -0.351 e. The van der Waals surface area contributed by atoms with E-state index in [2.05, 4.69) is 25.8 Å². The lowest BCUT2D eigenvalue weighted by Crippen LogP contribution is -2.20. The van der Waals surface area contributed by atoms with Crippen LogP contribution in [0, 0.1) is 11.8 Å². The fraction of sp³-hybridized carbons (Fsp3) is 0.769.